The van der Waals surface area contributed by atoms with Gasteiger partial charge in [-0.3, -0.25) is 4.57 Å². The molecule has 1 N–H and O–H groups in total. The Morgan fingerprint density at radius 1 is 1.62 bits per heavy atom. The Kier molecular flexibility index (Phi) is 3.52. The molecule has 1 heterocycles. The predicted octanol–water partition coefficient (Wildman–Crippen LogP) is 1.08. The van der Waals surface area contributed by atoms with Gasteiger partial charge in [-0.25, -0.2) is 0 Å². The largest absolute Gasteiger partial charge is 0.390 e. The quantitative estimate of drug-likeness (QED) is 0.705. The molecule has 5 heteroatoms. The Balaban J connectivity index is 2.29. The van der Waals surface area contributed by atoms with E-state index in [1.165, 1.54) is 0 Å². The number of ether oxygens (including phenoxy) is 1. The number of aliphatic hydroxyl groups is 1. The van der Waals surface area contributed by atoms with Gasteiger partial charge in [0.15, 0.2) is 7.37 Å². The molecule has 0 aliphatic carbocycles. The Morgan fingerprint density at radius 3 is 2.62 bits per heavy atom. The lowest BCUT2D eigenvalue weighted by Crippen LogP contribution is -2.16. The number of hydrogen-bond acceptors (Lipinski definition) is 4. The van der Waals surface area contributed by atoms with E-state index in [0.717, 1.165) is 0 Å². The Labute approximate surface area is 78.7 Å². The maximum atomic E-state index is 11.2. The molecule has 0 radical (unpaired) electrons. The predicted molar refractivity (Wildman–Crippen MR) is 50.4 cm³/mol. The van der Waals surface area contributed by atoms with E-state index >= 15 is 0 Å². The molecular formula is C8H17O4P. The van der Waals surface area contributed by atoms with Crippen LogP contribution in [0.15, 0.2) is 0 Å². The molecule has 1 aliphatic rings. The highest BCUT2D eigenvalue weighted by Gasteiger charge is 2.31. The van der Waals surface area contributed by atoms with Crippen LogP contribution in [0.1, 0.15) is 13.3 Å². The van der Waals surface area contributed by atoms with Gasteiger partial charge in [-0.1, -0.05) is 0 Å². The summed E-state index contributed by atoms with van der Waals surface area (Å²) in [5, 5.41) is 9.35. The molecule has 1 aliphatic heterocycles. The fourth-order valence-electron chi connectivity index (χ4n) is 1.28. The average Bonchev–Trinajstić information content (AvgIpc) is 2.27. The topological polar surface area (TPSA) is 55.8 Å². The second kappa shape index (κ2) is 4.09. The minimum absolute atomic E-state index is 0.113. The molecule has 1 rings (SSSR count). The highest BCUT2D eigenvalue weighted by atomic mass is 31.2. The van der Waals surface area contributed by atoms with Crippen LogP contribution in [0.3, 0.4) is 0 Å². The molecule has 3 atom stereocenters. The zero-order valence-corrected chi connectivity index (χ0v) is 9.16. The molecule has 0 aromatic carbocycles. The summed E-state index contributed by atoms with van der Waals surface area (Å²) in [7, 11) is -2.42. The molecular weight excluding hydrogens is 191 g/mol. The standard InChI is InChI=1S/C8H17O4P/c1-6-8(9)4-7(12-6)5-11-13(2,3)10/h6-9H,4-5H2,1-3H3/t6-,7-,8+/m0/s1. The summed E-state index contributed by atoms with van der Waals surface area (Å²) in [4.78, 5) is 0. The molecule has 0 aromatic rings. The van der Waals surface area contributed by atoms with Gasteiger partial charge < -0.3 is 14.4 Å². The van der Waals surface area contributed by atoms with Crippen LogP contribution in [0, 0.1) is 0 Å². The smallest absolute Gasteiger partial charge is 0.197 e. The summed E-state index contributed by atoms with van der Waals surface area (Å²) in [6, 6.07) is 0. The molecule has 78 valence electrons. The summed E-state index contributed by atoms with van der Waals surface area (Å²) < 4.78 is 21.7. The van der Waals surface area contributed by atoms with Crippen molar-refractivity contribution < 1.29 is 18.9 Å². The molecule has 0 unspecified atom stereocenters. The molecule has 1 saturated heterocycles. The van der Waals surface area contributed by atoms with Crippen molar-refractivity contribution >= 4 is 7.37 Å². The fourth-order valence-corrected chi connectivity index (χ4v) is 1.81. The highest BCUT2D eigenvalue weighted by Crippen LogP contribution is 2.38. The molecule has 13 heavy (non-hydrogen) atoms. The van der Waals surface area contributed by atoms with Crippen molar-refractivity contribution in [3.63, 3.8) is 0 Å². The number of aliphatic hydroxyl groups excluding tert-OH is 1. The molecule has 1 fully saturated rings. The van der Waals surface area contributed by atoms with Crippen molar-refractivity contribution in [2.24, 2.45) is 0 Å². The van der Waals surface area contributed by atoms with E-state index in [4.69, 9.17) is 9.26 Å². The highest BCUT2D eigenvalue weighted by molar-refractivity contribution is 7.57. The first-order valence-electron chi connectivity index (χ1n) is 4.41. The minimum atomic E-state index is -2.42. The average molecular weight is 208 g/mol. The molecule has 0 amide bonds. The van der Waals surface area contributed by atoms with E-state index in [1.54, 1.807) is 13.3 Å². The summed E-state index contributed by atoms with van der Waals surface area (Å²) in [6.07, 6.45) is -0.0946. The Bertz CT molecular complexity index is 202. The third kappa shape index (κ3) is 3.77. The van der Waals surface area contributed by atoms with Crippen LogP contribution in [0.2, 0.25) is 0 Å². The van der Waals surface area contributed by atoms with E-state index in [-0.39, 0.29) is 12.2 Å². The lowest BCUT2D eigenvalue weighted by Gasteiger charge is -2.13. The van der Waals surface area contributed by atoms with Crippen LogP contribution < -0.4 is 0 Å². The van der Waals surface area contributed by atoms with Crippen molar-refractivity contribution in [3.8, 4) is 0 Å². The van der Waals surface area contributed by atoms with Crippen LogP contribution in [-0.2, 0) is 13.8 Å². The van der Waals surface area contributed by atoms with Crippen LogP contribution >= 0.6 is 7.37 Å². The van der Waals surface area contributed by atoms with Gasteiger partial charge in [0.2, 0.25) is 0 Å². The van der Waals surface area contributed by atoms with E-state index in [9.17, 15) is 9.67 Å². The zero-order chi connectivity index (χ0) is 10.1. The van der Waals surface area contributed by atoms with Crippen LogP contribution in [0.25, 0.3) is 0 Å². The molecule has 0 aromatic heterocycles. The maximum absolute atomic E-state index is 11.2. The normalized spacial score (nSPS) is 35.2. The van der Waals surface area contributed by atoms with E-state index in [0.29, 0.717) is 13.0 Å². The fraction of sp³-hybridized carbons (Fsp3) is 1.00. The number of rotatable bonds is 3. The van der Waals surface area contributed by atoms with Gasteiger partial charge >= 0.3 is 0 Å². The Morgan fingerprint density at radius 2 is 2.23 bits per heavy atom. The molecule has 0 bridgehead atoms. The summed E-state index contributed by atoms with van der Waals surface area (Å²) in [5.41, 5.74) is 0. The van der Waals surface area contributed by atoms with E-state index in [1.807, 2.05) is 6.92 Å². The third-order valence-electron chi connectivity index (χ3n) is 2.02. The van der Waals surface area contributed by atoms with E-state index < -0.39 is 13.5 Å². The monoisotopic (exact) mass is 208 g/mol. The molecule has 0 saturated carbocycles. The van der Waals surface area contributed by atoms with E-state index in [2.05, 4.69) is 0 Å². The number of hydrogen-bond donors (Lipinski definition) is 1. The van der Waals surface area contributed by atoms with Crippen molar-refractivity contribution in [1.82, 2.24) is 0 Å². The third-order valence-corrected chi connectivity index (χ3v) is 2.80. The van der Waals surface area contributed by atoms with Gasteiger partial charge in [0, 0.05) is 19.8 Å². The van der Waals surface area contributed by atoms with Crippen molar-refractivity contribution in [1.29, 1.82) is 0 Å². The first-order chi connectivity index (χ1) is 5.88. The molecule has 0 spiro atoms. The first kappa shape index (κ1) is 11.2. The minimum Gasteiger partial charge on any atom is -0.390 e. The Hall–Kier alpha value is 0.110. The van der Waals surface area contributed by atoms with Crippen molar-refractivity contribution in [2.75, 3.05) is 19.9 Å². The van der Waals surface area contributed by atoms with Gasteiger partial charge in [-0.05, 0) is 6.92 Å². The second-order valence-electron chi connectivity index (χ2n) is 3.81. The molecule has 4 nitrogen and oxygen atoms in total. The van der Waals surface area contributed by atoms with Crippen molar-refractivity contribution in [2.45, 2.75) is 31.7 Å². The first-order valence-corrected chi connectivity index (χ1v) is 6.93. The van der Waals surface area contributed by atoms with Gasteiger partial charge in [0.1, 0.15) is 0 Å². The zero-order valence-electron chi connectivity index (χ0n) is 8.27. The van der Waals surface area contributed by atoms with Crippen LogP contribution in [0.4, 0.5) is 0 Å². The summed E-state index contributed by atoms with van der Waals surface area (Å²) in [6.45, 7) is 5.28. The lowest BCUT2D eigenvalue weighted by molar-refractivity contribution is 0.00570. The lowest BCUT2D eigenvalue weighted by atomic mass is 10.2. The summed E-state index contributed by atoms with van der Waals surface area (Å²) in [5.74, 6) is 0. The van der Waals surface area contributed by atoms with Gasteiger partial charge in [-0.2, -0.15) is 0 Å². The van der Waals surface area contributed by atoms with Crippen LogP contribution in [-0.4, -0.2) is 43.4 Å². The van der Waals surface area contributed by atoms with Crippen LogP contribution in [0.5, 0.6) is 0 Å². The SMILES string of the molecule is C[C@@H]1O[C@H](COP(C)(C)=O)C[C@H]1O. The van der Waals surface area contributed by atoms with Crippen molar-refractivity contribution in [3.05, 3.63) is 0 Å². The van der Waals surface area contributed by atoms with Gasteiger partial charge in [-0.15, -0.1) is 0 Å². The second-order valence-corrected chi connectivity index (χ2v) is 6.58. The van der Waals surface area contributed by atoms with Gasteiger partial charge in [0.25, 0.3) is 0 Å². The maximum Gasteiger partial charge on any atom is 0.197 e. The van der Waals surface area contributed by atoms with Gasteiger partial charge in [0.05, 0.1) is 24.9 Å². The summed E-state index contributed by atoms with van der Waals surface area (Å²) >= 11 is 0.